The van der Waals surface area contributed by atoms with Gasteiger partial charge in [0.15, 0.2) is 5.82 Å². The first-order chi connectivity index (χ1) is 12.2. The molecule has 0 fully saturated rings. The van der Waals surface area contributed by atoms with Crippen molar-refractivity contribution in [2.45, 2.75) is 12.8 Å². The van der Waals surface area contributed by atoms with E-state index in [1.807, 2.05) is 61.6 Å². The van der Waals surface area contributed by atoms with E-state index < -0.39 is 0 Å². The second kappa shape index (κ2) is 6.43. The third-order valence-electron chi connectivity index (χ3n) is 4.54. The third kappa shape index (κ3) is 3.01. The van der Waals surface area contributed by atoms with E-state index in [9.17, 15) is 4.79 Å². The smallest absolute Gasteiger partial charge is 0.294 e. The quantitative estimate of drug-likeness (QED) is 0.769. The molecule has 0 radical (unpaired) electrons. The van der Waals surface area contributed by atoms with E-state index in [0.717, 1.165) is 36.3 Å². The molecule has 1 aromatic heterocycles. The molecule has 2 heterocycles. The summed E-state index contributed by atoms with van der Waals surface area (Å²) in [5.41, 5.74) is 4.25. The lowest BCUT2D eigenvalue weighted by Gasteiger charge is -2.29. The standard InChI is InChI=1S/C20H20N4O/c1-23-18(16-8-3-2-4-9-16)14-19(22-23)21-20(25)24-13-7-11-15-10-5-6-12-17(15)24/h2-6,8-10,12,14H,7,11,13H2,1H3,(H,21,22,25). The van der Waals surface area contributed by atoms with Gasteiger partial charge in [-0.25, -0.2) is 4.79 Å². The number of benzene rings is 2. The second-order valence-corrected chi connectivity index (χ2v) is 6.22. The van der Waals surface area contributed by atoms with Crippen LogP contribution in [0.4, 0.5) is 16.3 Å². The van der Waals surface area contributed by atoms with E-state index in [1.165, 1.54) is 5.56 Å². The Morgan fingerprint density at radius 2 is 1.84 bits per heavy atom. The predicted octanol–water partition coefficient (Wildman–Crippen LogP) is 4.07. The zero-order valence-electron chi connectivity index (χ0n) is 14.1. The van der Waals surface area contributed by atoms with Crippen LogP contribution in [-0.4, -0.2) is 22.4 Å². The summed E-state index contributed by atoms with van der Waals surface area (Å²) in [4.78, 5) is 14.6. The van der Waals surface area contributed by atoms with Crippen LogP contribution in [0.2, 0.25) is 0 Å². The lowest BCUT2D eigenvalue weighted by Crippen LogP contribution is -2.38. The first-order valence-electron chi connectivity index (χ1n) is 8.48. The van der Waals surface area contributed by atoms with Crippen molar-refractivity contribution in [1.82, 2.24) is 9.78 Å². The third-order valence-corrected chi connectivity index (χ3v) is 4.54. The van der Waals surface area contributed by atoms with Gasteiger partial charge < -0.3 is 0 Å². The van der Waals surface area contributed by atoms with Gasteiger partial charge in [-0.2, -0.15) is 5.10 Å². The number of anilines is 2. The number of urea groups is 1. The van der Waals surface area contributed by atoms with E-state index >= 15 is 0 Å². The van der Waals surface area contributed by atoms with Gasteiger partial charge in [-0.05, 0) is 30.0 Å². The number of fused-ring (bicyclic) bond motifs is 1. The lowest BCUT2D eigenvalue weighted by atomic mass is 10.0. The fourth-order valence-electron chi connectivity index (χ4n) is 3.33. The molecule has 1 aliphatic heterocycles. The van der Waals surface area contributed by atoms with Crippen LogP contribution in [0.3, 0.4) is 0 Å². The van der Waals surface area contributed by atoms with Gasteiger partial charge in [-0.15, -0.1) is 0 Å². The SMILES string of the molecule is Cn1nc(NC(=O)N2CCCc3ccccc32)cc1-c1ccccc1. The maximum atomic E-state index is 12.8. The highest BCUT2D eigenvalue weighted by Crippen LogP contribution is 2.28. The Morgan fingerprint density at radius 3 is 2.68 bits per heavy atom. The number of aromatic nitrogens is 2. The highest BCUT2D eigenvalue weighted by molar-refractivity contribution is 6.02. The van der Waals surface area contributed by atoms with Crippen LogP contribution < -0.4 is 10.2 Å². The molecule has 0 bridgehead atoms. The molecule has 25 heavy (non-hydrogen) atoms. The van der Waals surface area contributed by atoms with Gasteiger partial charge in [0.05, 0.1) is 5.69 Å². The summed E-state index contributed by atoms with van der Waals surface area (Å²) in [5.74, 6) is 0.564. The molecule has 0 unspecified atom stereocenters. The second-order valence-electron chi connectivity index (χ2n) is 6.22. The molecular weight excluding hydrogens is 312 g/mol. The molecule has 2 aromatic carbocycles. The van der Waals surface area contributed by atoms with Gasteiger partial charge >= 0.3 is 6.03 Å². The summed E-state index contributed by atoms with van der Waals surface area (Å²) in [5, 5.41) is 7.37. The Morgan fingerprint density at radius 1 is 1.08 bits per heavy atom. The lowest BCUT2D eigenvalue weighted by molar-refractivity contribution is 0.256. The number of hydrogen-bond donors (Lipinski definition) is 1. The average Bonchev–Trinajstić information content (AvgIpc) is 3.02. The summed E-state index contributed by atoms with van der Waals surface area (Å²) >= 11 is 0. The number of carbonyl (C=O) groups excluding carboxylic acids is 1. The van der Waals surface area contributed by atoms with Crippen molar-refractivity contribution in [2.75, 3.05) is 16.8 Å². The van der Waals surface area contributed by atoms with Crippen molar-refractivity contribution in [1.29, 1.82) is 0 Å². The molecular formula is C20H20N4O. The Hall–Kier alpha value is -3.08. The average molecular weight is 332 g/mol. The normalized spacial score (nSPS) is 13.4. The molecule has 0 atom stereocenters. The maximum absolute atomic E-state index is 12.8. The number of rotatable bonds is 2. The zero-order chi connectivity index (χ0) is 17.2. The number of aryl methyl sites for hydroxylation is 2. The summed E-state index contributed by atoms with van der Waals surface area (Å²) < 4.78 is 1.79. The minimum atomic E-state index is -0.134. The van der Waals surface area contributed by atoms with Crippen LogP contribution in [0.25, 0.3) is 11.3 Å². The van der Waals surface area contributed by atoms with E-state index in [0.29, 0.717) is 5.82 Å². The highest BCUT2D eigenvalue weighted by Gasteiger charge is 2.23. The number of hydrogen-bond acceptors (Lipinski definition) is 2. The van der Waals surface area contributed by atoms with Gasteiger partial charge in [0.1, 0.15) is 0 Å². The molecule has 3 aromatic rings. The summed E-state index contributed by atoms with van der Waals surface area (Å²) in [6.07, 6.45) is 1.99. The van der Waals surface area contributed by atoms with Gasteiger partial charge in [0, 0.05) is 25.3 Å². The Labute approximate surface area is 146 Å². The summed E-state index contributed by atoms with van der Waals surface area (Å²) in [6, 6.07) is 19.9. The predicted molar refractivity (Wildman–Crippen MR) is 99.8 cm³/mol. The Kier molecular flexibility index (Phi) is 3.98. The maximum Gasteiger partial charge on any atom is 0.327 e. The monoisotopic (exact) mass is 332 g/mol. The van der Waals surface area contributed by atoms with Crippen LogP contribution in [0.15, 0.2) is 60.7 Å². The molecule has 0 saturated heterocycles. The molecule has 1 aliphatic rings. The molecule has 0 spiro atoms. The van der Waals surface area contributed by atoms with Crippen LogP contribution >= 0.6 is 0 Å². The van der Waals surface area contributed by atoms with Crippen LogP contribution in [-0.2, 0) is 13.5 Å². The van der Waals surface area contributed by atoms with Gasteiger partial charge in [-0.3, -0.25) is 14.9 Å². The summed E-state index contributed by atoms with van der Waals surface area (Å²) in [6.45, 7) is 0.723. The fourth-order valence-corrected chi connectivity index (χ4v) is 3.33. The minimum Gasteiger partial charge on any atom is -0.294 e. The topological polar surface area (TPSA) is 50.2 Å². The first-order valence-corrected chi connectivity index (χ1v) is 8.48. The molecule has 1 N–H and O–H groups in total. The Bertz CT molecular complexity index is 901. The highest BCUT2D eigenvalue weighted by atomic mass is 16.2. The van der Waals surface area contributed by atoms with E-state index in [1.54, 1.807) is 9.58 Å². The molecule has 126 valence electrons. The van der Waals surface area contributed by atoms with Crippen LogP contribution in [0.5, 0.6) is 0 Å². The van der Waals surface area contributed by atoms with Gasteiger partial charge in [0.25, 0.3) is 0 Å². The van der Waals surface area contributed by atoms with Crippen molar-refractivity contribution < 1.29 is 4.79 Å². The number of nitrogens with zero attached hydrogens (tertiary/aromatic N) is 3. The largest absolute Gasteiger partial charge is 0.327 e. The van der Waals surface area contributed by atoms with Crippen molar-refractivity contribution in [3.8, 4) is 11.3 Å². The molecule has 5 heteroatoms. The number of amides is 2. The molecule has 0 saturated carbocycles. The Balaban J connectivity index is 1.57. The van der Waals surface area contributed by atoms with Crippen molar-refractivity contribution in [3.63, 3.8) is 0 Å². The van der Waals surface area contributed by atoms with E-state index in [4.69, 9.17) is 0 Å². The first kappa shape index (κ1) is 15.4. The van der Waals surface area contributed by atoms with Crippen molar-refractivity contribution in [2.24, 2.45) is 7.05 Å². The number of para-hydroxylation sites is 1. The van der Waals surface area contributed by atoms with Crippen molar-refractivity contribution in [3.05, 3.63) is 66.2 Å². The number of nitrogens with one attached hydrogen (secondary N) is 1. The number of carbonyl (C=O) groups is 1. The fraction of sp³-hybridized carbons (Fsp3) is 0.200. The van der Waals surface area contributed by atoms with E-state index in [-0.39, 0.29) is 6.03 Å². The zero-order valence-corrected chi connectivity index (χ0v) is 14.1. The molecule has 5 nitrogen and oxygen atoms in total. The van der Waals surface area contributed by atoms with Crippen LogP contribution in [0, 0.1) is 0 Å². The molecule has 2 amide bonds. The summed E-state index contributed by atoms with van der Waals surface area (Å²) in [7, 11) is 1.88. The minimum absolute atomic E-state index is 0.134. The van der Waals surface area contributed by atoms with Crippen LogP contribution in [0.1, 0.15) is 12.0 Å². The molecule has 0 aliphatic carbocycles. The van der Waals surface area contributed by atoms with E-state index in [2.05, 4.69) is 16.5 Å². The van der Waals surface area contributed by atoms with Gasteiger partial charge in [0.2, 0.25) is 0 Å². The van der Waals surface area contributed by atoms with Gasteiger partial charge in [-0.1, -0.05) is 48.5 Å². The van der Waals surface area contributed by atoms with Crippen molar-refractivity contribution >= 4 is 17.5 Å². The molecule has 4 rings (SSSR count).